The number of halogens is 1. The molecule has 17 heavy (non-hydrogen) atoms. The van der Waals surface area contributed by atoms with Gasteiger partial charge in [-0.3, -0.25) is 0 Å². The molecule has 1 aromatic rings. The summed E-state index contributed by atoms with van der Waals surface area (Å²) in [4.78, 5) is 1.28. The Kier molecular flexibility index (Phi) is 5.08. The van der Waals surface area contributed by atoms with Crippen molar-refractivity contribution in [3.05, 3.63) is 26.9 Å². The third kappa shape index (κ3) is 3.84. The van der Waals surface area contributed by atoms with E-state index in [1.54, 1.807) is 16.9 Å². The maximum atomic E-state index is 5.97. The van der Waals surface area contributed by atoms with Crippen molar-refractivity contribution >= 4 is 29.0 Å². The Bertz CT molecular complexity index is 377. The number of likely N-dealkylation sites (N-methyl/N-ethyl adjacent to an activating group) is 1. The van der Waals surface area contributed by atoms with E-state index in [2.05, 4.69) is 17.5 Å². The number of hydrogen-bond acceptors (Lipinski definition) is 2. The molecule has 0 aromatic carbocycles. The molecular weight excluding hydrogens is 250 g/mol. The van der Waals surface area contributed by atoms with Crippen LogP contribution in [0.4, 0.5) is 0 Å². The van der Waals surface area contributed by atoms with E-state index < -0.39 is 0 Å². The zero-order valence-corrected chi connectivity index (χ0v) is 11.9. The van der Waals surface area contributed by atoms with Gasteiger partial charge in [0.25, 0.3) is 0 Å². The first-order valence-corrected chi connectivity index (χ1v) is 7.64. The van der Waals surface area contributed by atoms with Gasteiger partial charge in [-0.1, -0.05) is 36.4 Å². The minimum atomic E-state index is 0.775. The highest BCUT2D eigenvalue weighted by atomic mass is 35.5. The molecule has 0 amide bonds. The Morgan fingerprint density at radius 3 is 2.82 bits per heavy atom. The minimum Gasteiger partial charge on any atom is -0.316 e. The maximum absolute atomic E-state index is 5.97. The molecule has 1 saturated carbocycles. The van der Waals surface area contributed by atoms with Crippen LogP contribution in [0.1, 0.15) is 37.0 Å². The Morgan fingerprint density at radius 1 is 1.47 bits per heavy atom. The first-order valence-electron chi connectivity index (χ1n) is 6.38. The molecule has 0 spiro atoms. The van der Waals surface area contributed by atoms with Crippen LogP contribution in [0.5, 0.6) is 0 Å². The van der Waals surface area contributed by atoms with Crippen molar-refractivity contribution in [1.82, 2.24) is 5.32 Å². The minimum absolute atomic E-state index is 0.775. The van der Waals surface area contributed by atoms with E-state index in [1.165, 1.54) is 37.0 Å². The number of nitrogens with one attached hydrogen (secondary N) is 1. The summed E-state index contributed by atoms with van der Waals surface area (Å²) in [5.41, 5.74) is 1.55. The zero-order chi connectivity index (χ0) is 12.1. The molecule has 0 aliphatic heterocycles. The lowest BCUT2D eigenvalue weighted by molar-refractivity contribution is 0.398. The van der Waals surface area contributed by atoms with Crippen LogP contribution in [0.25, 0.3) is 6.08 Å². The Labute approximate surface area is 113 Å². The summed E-state index contributed by atoms with van der Waals surface area (Å²) in [6.07, 6.45) is 9.23. The molecule has 1 N–H and O–H groups in total. The lowest BCUT2D eigenvalue weighted by Gasteiger charge is -2.24. The normalized spacial score (nSPS) is 18.6. The first kappa shape index (κ1) is 13.1. The molecule has 1 nitrogen and oxygen atoms in total. The summed E-state index contributed by atoms with van der Waals surface area (Å²) in [5, 5.41) is 6.16. The van der Waals surface area contributed by atoms with Gasteiger partial charge in [0.05, 0.1) is 5.02 Å². The second-order valence-electron chi connectivity index (χ2n) is 4.75. The SMILES string of the molecule is CNCC(=Cc1cc(Cl)cs1)C1CCCCC1. The maximum Gasteiger partial charge on any atom is 0.0519 e. The van der Waals surface area contributed by atoms with E-state index in [0.717, 1.165) is 17.5 Å². The molecule has 0 radical (unpaired) electrons. The fourth-order valence-corrected chi connectivity index (χ4v) is 3.62. The zero-order valence-electron chi connectivity index (χ0n) is 10.3. The van der Waals surface area contributed by atoms with Gasteiger partial charge in [-0.25, -0.2) is 0 Å². The molecular formula is C14H20ClNS. The van der Waals surface area contributed by atoms with Gasteiger partial charge in [0.1, 0.15) is 0 Å². The van der Waals surface area contributed by atoms with Crippen LogP contribution < -0.4 is 5.32 Å². The third-order valence-electron chi connectivity index (χ3n) is 3.43. The molecule has 1 aliphatic carbocycles. The van der Waals surface area contributed by atoms with Crippen LogP contribution in [-0.4, -0.2) is 13.6 Å². The van der Waals surface area contributed by atoms with E-state index in [4.69, 9.17) is 11.6 Å². The largest absolute Gasteiger partial charge is 0.316 e. The molecule has 3 heteroatoms. The molecule has 0 bridgehead atoms. The van der Waals surface area contributed by atoms with Crippen molar-refractivity contribution in [3.63, 3.8) is 0 Å². The van der Waals surface area contributed by atoms with Gasteiger partial charge in [-0.15, -0.1) is 11.3 Å². The molecule has 0 saturated heterocycles. The van der Waals surface area contributed by atoms with Crippen LogP contribution in [0, 0.1) is 5.92 Å². The quantitative estimate of drug-likeness (QED) is 0.843. The summed E-state index contributed by atoms with van der Waals surface area (Å²) in [6.45, 7) is 1.00. The molecule has 94 valence electrons. The summed E-state index contributed by atoms with van der Waals surface area (Å²) in [6, 6.07) is 2.06. The third-order valence-corrected chi connectivity index (χ3v) is 4.65. The molecule has 0 atom stereocenters. The van der Waals surface area contributed by atoms with Gasteiger partial charge < -0.3 is 5.32 Å². The van der Waals surface area contributed by atoms with Gasteiger partial charge in [0, 0.05) is 16.8 Å². The van der Waals surface area contributed by atoms with E-state index in [-0.39, 0.29) is 0 Å². The van der Waals surface area contributed by atoms with Gasteiger partial charge in [-0.2, -0.15) is 0 Å². The topological polar surface area (TPSA) is 12.0 Å². The molecule has 1 fully saturated rings. The molecule has 1 aromatic heterocycles. The highest BCUT2D eigenvalue weighted by molar-refractivity contribution is 7.11. The van der Waals surface area contributed by atoms with Gasteiger partial charge >= 0.3 is 0 Å². The fraction of sp³-hybridized carbons (Fsp3) is 0.571. The summed E-state index contributed by atoms with van der Waals surface area (Å²) in [5.74, 6) is 0.775. The van der Waals surface area contributed by atoms with Crippen LogP contribution in [0.15, 0.2) is 17.0 Å². The van der Waals surface area contributed by atoms with E-state index in [0.29, 0.717) is 0 Å². The van der Waals surface area contributed by atoms with E-state index in [9.17, 15) is 0 Å². The second-order valence-corrected chi connectivity index (χ2v) is 6.13. The Hall–Kier alpha value is -0.310. The smallest absolute Gasteiger partial charge is 0.0519 e. The summed E-state index contributed by atoms with van der Waals surface area (Å²) >= 11 is 7.70. The van der Waals surface area contributed by atoms with Gasteiger partial charge in [-0.05, 0) is 37.9 Å². The molecule has 1 aliphatic rings. The highest BCUT2D eigenvalue weighted by Gasteiger charge is 2.17. The van der Waals surface area contributed by atoms with Crippen molar-refractivity contribution in [3.8, 4) is 0 Å². The van der Waals surface area contributed by atoms with E-state index in [1.807, 2.05) is 12.4 Å². The molecule has 0 unspecified atom stereocenters. The van der Waals surface area contributed by atoms with Gasteiger partial charge in [0.15, 0.2) is 0 Å². The van der Waals surface area contributed by atoms with Crippen molar-refractivity contribution in [1.29, 1.82) is 0 Å². The van der Waals surface area contributed by atoms with Crippen molar-refractivity contribution in [2.24, 2.45) is 5.92 Å². The molecule has 1 heterocycles. The average Bonchev–Trinajstić information content (AvgIpc) is 2.75. The summed E-state index contributed by atoms with van der Waals surface area (Å²) < 4.78 is 0. The Balaban J connectivity index is 2.12. The number of thiophene rings is 1. The van der Waals surface area contributed by atoms with E-state index >= 15 is 0 Å². The predicted molar refractivity (Wildman–Crippen MR) is 77.8 cm³/mol. The predicted octanol–water partition coefficient (Wildman–Crippen LogP) is 4.58. The lowest BCUT2D eigenvalue weighted by atomic mass is 9.83. The lowest BCUT2D eigenvalue weighted by Crippen LogP contribution is -2.18. The molecule has 2 rings (SSSR count). The van der Waals surface area contributed by atoms with Crippen molar-refractivity contribution in [2.45, 2.75) is 32.1 Å². The standard InChI is InChI=1S/C14H20ClNS/c1-16-9-12(11-5-3-2-4-6-11)7-14-8-13(15)10-17-14/h7-8,10-11,16H,2-6,9H2,1H3. The monoisotopic (exact) mass is 269 g/mol. The van der Waals surface area contributed by atoms with Gasteiger partial charge in [0.2, 0.25) is 0 Å². The van der Waals surface area contributed by atoms with Crippen molar-refractivity contribution < 1.29 is 0 Å². The van der Waals surface area contributed by atoms with Crippen LogP contribution >= 0.6 is 22.9 Å². The Morgan fingerprint density at radius 2 is 2.24 bits per heavy atom. The first-order chi connectivity index (χ1) is 8.29. The number of rotatable bonds is 4. The highest BCUT2D eigenvalue weighted by Crippen LogP contribution is 2.31. The number of hydrogen-bond donors (Lipinski definition) is 1. The average molecular weight is 270 g/mol. The van der Waals surface area contributed by atoms with Crippen LogP contribution in [-0.2, 0) is 0 Å². The fourth-order valence-electron chi connectivity index (χ4n) is 2.58. The van der Waals surface area contributed by atoms with Crippen LogP contribution in [0.3, 0.4) is 0 Å². The summed E-state index contributed by atoms with van der Waals surface area (Å²) in [7, 11) is 2.03. The van der Waals surface area contributed by atoms with Crippen molar-refractivity contribution in [2.75, 3.05) is 13.6 Å². The second kappa shape index (κ2) is 6.58. The van der Waals surface area contributed by atoms with Crippen LogP contribution in [0.2, 0.25) is 5.02 Å².